The van der Waals surface area contributed by atoms with E-state index in [4.69, 9.17) is 0 Å². The maximum Gasteiger partial charge on any atom is 0.0702 e. The van der Waals surface area contributed by atoms with Crippen LogP contribution < -0.4 is 10.6 Å². The number of hydrogen-bond donors (Lipinski definition) is 0. The van der Waals surface area contributed by atoms with Crippen molar-refractivity contribution in [2.24, 2.45) is 10.9 Å². The normalized spacial score (nSPS) is 18.1. The average molecular weight is 201 g/mol. The molecule has 0 spiro atoms. The van der Waals surface area contributed by atoms with Gasteiger partial charge < -0.3 is 0 Å². The molecule has 1 unspecified atom stereocenters. The van der Waals surface area contributed by atoms with Gasteiger partial charge in [-0.05, 0) is 24.1 Å². The molecule has 1 heteroatoms. The lowest BCUT2D eigenvalue weighted by molar-refractivity contribution is 0.978. The summed E-state index contributed by atoms with van der Waals surface area (Å²) in [4.78, 5) is 4.52. The zero-order valence-electron chi connectivity index (χ0n) is 9.99. The Kier molecular flexibility index (Phi) is 4.29. The van der Waals surface area contributed by atoms with E-state index in [1.54, 1.807) is 0 Å². The van der Waals surface area contributed by atoms with Gasteiger partial charge in [-0.2, -0.15) is 0 Å². The highest BCUT2D eigenvalue weighted by Crippen LogP contribution is 2.05. The van der Waals surface area contributed by atoms with Crippen LogP contribution in [0.5, 0.6) is 0 Å². The first-order chi connectivity index (χ1) is 7.25. The Morgan fingerprint density at radius 1 is 1.07 bits per heavy atom. The predicted molar refractivity (Wildman–Crippen MR) is 66.0 cm³/mol. The van der Waals surface area contributed by atoms with Crippen molar-refractivity contribution in [3.8, 4) is 0 Å². The Labute approximate surface area is 91.9 Å². The van der Waals surface area contributed by atoms with E-state index in [9.17, 15) is 0 Å². The zero-order chi connectivity index (χ0) is 11.3. The van der Waals surface area contributed by atoms with Gasteiger partial charge in [-0.3, -0.25) is 4.99 Å². The van der Waals surface area contributed by atoms with Crippen LogP contribution in [0.25, 0.3) is 6.08 Å². The second kappa shape index (κ2) is 5.50. The maximum absolute atomic E-state index is 4.52. The zero-order valence-corrected chi connectivity index (χ0v) is 9.99. The van der Waals surface area contributed by atoms with Crippen molar-refractivity contribution in [1.29, 1.82) is 0 Å². The lowest BCUT2D eigenvalue weighted by Crippen LogP contribution is -2.23. The highest BCUT2D eigenvalue weighted by molar-refractivity contribution is 5.32. The second-order valence-electron chi connectivity index (χ2n) is 3.50. The van der Waals surface area contributed by atoms with Crippen LogP contribution in [0.15, 0.2) is 41.0 Å². The molecule has 1 aliphatic rings. The van der Waals surface area contributed by atoms with Gasteiger partial charge in [-0.1, -0.05) is 51.1 Å². The molecule has 0 saturated heterocycles. The summed E-state index contributed by atoms with van der Waals surface area (Å²) in [5.74, 6) is 0.479. The van der Waals surface area contributed by atoms with Gasteiger partial charge in [-0.25, -0.2) is 0 Å². The number of benzene rings is 1. The van der Waals surface area contributed by atoms with Crippen LogP contribution in [0.4, 0.5) is 0 Å². The number of hydrogen-bond acceptors (Lipinski definition) is 1. The molecule has 0 saturated carbocycles. The first-order valence-electron chi connectivity index (χ1n) is 5.60. The van der Waals surface area contributed by atoms with Gasteiger partial charge in [0.25, 0.3) is 0 Å². The number of nitrogens with zero attached hydrogens (tertiary/aromatic N) is 1. The summed E-state index contributed by atoms with van der Waals surface area (Å²) < 4.78 is 0. The molecular weight excluding hydrogens is 182 g/mol. The minimum absolute atomic E-state index is 0.479. The standard InChI is InChI=1S/C12H13N.C2H6/c1-9-7-10(2)13-12-6-4-3-5-11(12)8-9;1-2/h3-9H,1-2H3;1-2H3. The number of para-hydroxylation sites is 1. The van der Waals surface area contributed by atoms with Crippen LogP contribution in [0.1, 0.15) is 27.7 Å². The lowest BCUT2D eigenvalue weighted by Gasteiger charge is -1.94. The number of rotatable bonds is 0. The van der Waals surface area contributed by atoms with E-state index in [0.717, 1.165) is 11.1 Å². The molecule has 2 rings (SSSR count). The Bertz CT molecular complexity index is 454. The highest BCUT2D eigenvalue weighted by Gasteiger charge is 1.98. The minimum Gasteiger partial charge on any atom is -0.253 e. The van der Waals surface area contributed by atoms with Gasteiger partial charge in [0.1, 0.15) is 0 Å². The van der Waals surface area contributed by atoms with E-state index in [2.05, 4.69) is 42.3 Å². The van der Waals surface area contributed by atoms with Crippen LogP contribution in [0, 0.1) is 5.92 Å². The highest BCUT2D eigenvalue weighted by atomic mass is 14.7. The molecule has 80 valence electrons. The SMILES string of the molecule is CC.CC1=CC(C)C=c2ccccc2=N1. The Morgan fingerprint density at radius 3 is 2.47 bits per heavy atom. The van der Waals surface area contributed by atoms with Crippen LogP contribution in [0.2, 0.25) is 0 Å². The molecule has 0 bridgehead atoms. The maximum atomic E-state index is 4.52. The van der Waals surface area contributed by atoms with E-state index in [1.807, 2.05) is 26.8 Å². The van der Waals surface area contributed by atoms with Crippen LogP contribution in [-0.2, 0) is 0 Å². The van der Waals surface area contributed by atoms with Gasteiger partial charge in [0, 0.05) is 5.70 Å². The third-order valence-electron chi connectivity index (χ3n) is 2.18. The summed E-state index contributed by atoms with van der Waals surface area (Å²) in [5, 5.41) is 2.32. The topological polar surface area (TPSA) is 12.4 Å². The predicted octanol–water partition coefficient (Wildman–Crippen LogP) is 2.67. The van der Waals surface area contributed by atoms with Crippen molar-refractivity contribution >= 4 is 6.08 Å². The molecule has 1 atom stereocenters. The van der Waals surface area contributed by atoms with E-state index >= 15 is 0 Å². The van der Waals surface area contributed by atoms with Crippen molar-refractivity contribution < 1.29 is 0 Å². The van der Waals surface area contributed by atoms with Crippen LogP contribution >= 0.6 is 0 Å². The summed E-state index contributed by atoms with van der Waals surface area (Å²) in [7, 11) is 0. The third kappa shape index (κ3) is 3.05. The molecule has 15 heavy (non-hydrogen) atoms. The molecular formula is C14H19N. The fourth-order valence-electron chi connectivity index (χ4n) is 1.67. The fraction of sp³-hybridized carbons (Fsp3) is 0.357. The number of fused-ring (bicyclic) bond motifs is 1. The molecule has 0 radical (unpaired) electrons. The van der Waals surface area contributed by atoms with Gasteiger partial charge in [0.05, 0.1) is 5.36 Å². The summed E-state index contributed by atoms with van der Waals surface area (Å²) in [6.07, 6.45) is 4.43. The molecule has 0 N–H and O–H groups in total. The summed E-state index contributed by atoms with van der Waals surface area (Å²) in [5.41, 5.74) is 1.11. The minimum atomic E-state index is 0.479. The van der Waals surface area contributed by atoms with E-state index in [-0.39, 0.29) is 0 Å². The van der Waals surface area contributed by atoms with Crippen LogP contribution in [0.3, 0.4) is 0 Å². The molecule has 1 aromatic rings. The quantitative estimate of drug-likeness (QED) is 0.612. The molecule has 0 amide bonds. The average Bonchev–Trinajstić information content (AvgIpc) is 2.37. The van der Waals surface area contributed by atoms with Crippen molar-refractivity contribution in [1.82, 2.24) is 0 Å². The van der Waals surface area contributed by atoms with Gasteiger partial charge >= 0.3 is 0 Å². The molecule has 1 nitrogen and oxygen atoms in total. The molecule has 1 aromatic carbocycles. The lowest BCUT2D eigenvalue weighted by atomic mass is 10.1. The summed E-state index contributed by atoms with van der Waals surface area (Å²) >= 11 is 0. The fourth-order valence-corrected chi connectivity index (χ4v) is 1.67. The van der Waals surface area contributed by atoms with E-state index in [1.165, 1.54) is 5.22 Å². The van der Waals surface area contributed by atoms with Crippen molar-refractivity contribution in [3.63, 3.8) is 0 Å². The largest absolute Gasteiger partial charge is 0.253 e. The molecule has 1 heterocycles. The first kappa shape index (κ1) is 11.7. The van der Waals surface area contributed by atoms with E-state index in [0.29, 0.717) is 5.92 Å². The summed E-state index contributed by atoms with van der Waals surface area (Å²) in [6.45, 7) is 8.23. The third-order valence-corrected chi connectivity index (χ3v) is 2.18. The van der Waals surface area contributed by atoms with Gasteiger partial charge in [0.2, 0.25) is 0 Å². The monoisotopic (exact) mass is 201 g/mol. The van der Waals surface area contributed by atoms with Crippen molar-refractivity contribution in [2.45, 2.75) is 27.7 Å². The van der Waals surface area contributed by atoms with Gasteiger partial charge in [0.15, 0.2) is 0 Å². The Balaban J connectivity index is 0.000000531. The smallest absolute Gasteiger partial charge is 0.0702 e. The summed E-state index contributed by atoms with van der Waals surface area (Å²) in [6, 6.07) is 8.25. The Hall–Kier alpha value is -1.37. The number of allylic oxidation sites excluding steroid dienone is 2. The first-order valence-corrected chi connectivity index (χ1v) is 5.60. The molecule has 0 fully saturated rings. The second-order valence-corrected chi connectivity index (χ2v) is 3.50. The molecule has 0 aliphatic carbocycles. The van der Waals surface area contributed by atoms with E-state index < -0.39 is 0 Å². The van der Waals surface area contributed by atoms with Crippen molar-refractivity contribution in [3.05, 3.63) is 46.6 Å². The molecule has 1 aliphatic heterocycles. The van der Waals surface area contributed by atoms with Gasteiger partial charge in [-0.15, -0.1) is 0 Å². The van der Waals surface area contributed by atoms with Crippen LogP contribution in [-0.4, -0.2) is 0 Å². The van der Waals surface area contributed by atoms with Crippen molar-refractivity contribution in [2.75, 3.05) is 0 Å². The Morgan fingerprint density at radius 2 is 1.73 bits per heavy atom. The molecule has 0 aromatic heterocycles.